The van der Waals surface area contributed by atoms with Crippen molar-refractivity contribution in [1.82, 2.24) is 19.7 Å². The molecule has 0 spiro atoms. The number of hydrogen-bond acceptors (Lipinski definition) is 5. The van der Waals surface area contributed by atoms with Crippen LogP contribution >= 0.6 is 11.8 Å². The monoisotopic (exact) mass is 433 g/mol. The van der Waals surface area contributed by atoms with Gasteiger partial charge in [-0.2, -0.15) is 0 Å². The Morgan fingerprint density at radius 3 is 2.52 bits per heavy atom. The third-order valence-corrected chi connectivity index (χ3v) is 5.59. The molecule has 0 atom stereocenters. The maximum Gasteiger partial charge on any atom is 0.234 e. The lowest BCUT2D eigenvalue weighted by molar-refractivity contribution is -0.113. The number of thioether (sulfide) groups is 1. The molecule has 2 aromatic heterocycles. The lowest BCUT2D eigenvalue weighted by Crippen LogP contribution is -2.15. The van der Waals surface area contributed by atoms with Crippen LogP contribution < -0.4 is 5.32 Å². The average molecular weight is 434 g/mol. The number of hydrogen-bond donors (Lipinski definition) is 1. The molecule has 31 heavy (non-hydrogen) atoms. The van der Waals surface area contributed by atoms with Crippen molar-refractivity contribution < 1.29 is 9.18 Å². The molecular formula is C23H20FN5OS. The first-order chi connectivity index (χ1) is 15.0. The second-order valence-corrected chi connectivity index (χ2v) is 7.95. The number of carbonyl (C=O) groups is 1. The third-order valence-electron chi connectivity index (χ3n) is 4.66. The molecule has 8 heteroatoms. The van der Waals surface area contributed by atoms with Crippen molar-refractivity contribution >= 4 is 23.4 Å². The molecule has 2 heterocycles. The number of halogens is 1. The van der Waals surface area contributed by atoms with Crippen molar-refractivity contribution in [3.8, 4) is 17.1 Å². The van der Waals surface area contributed by atoms with E-state index in [2.05, 4.69) is 20.5 Å². The van der Waals surface area contributed by atoms with Gasteiger partial charge in [0, 0.05) is 29.3 Å². The summed E-state index contributed by atoms with van der Waals surface area (Å²) in [6, 6.07) is 15.7. The molecule has 0 bridgehead atoms. The summed E-state index contributed by atoms with van der Waals surface area (Å²) in [5.74, 6) is 0.275. The van der Waals surface area contributed by atoms with Crippen LogP contribution in [0, 0.1) is 19.7 Å². The summed E-state index contributed by atoms with van der Waals surface area (Å²) in [6.45, 7) is 3.93. The van der Waals surface area contributed by atoms with Gasteiger partial charge in [-0.3, -0.25) is 14.3 Å². The van der Waals surface area contributed by atoms with Crippen molar-refractivity contribution in [2.45, 2.75) is 19.0 Å². The zero-order chi connectivity index (χ0) is 21.8. The van der Waals surface area contributed by atoms with E-state index >= 15 is 0 Å². The number of rotatable bonds is 6. The first kappa shape index (κ1) is 20.7. The van der Waals surface area contributed by atoms with Crippen LogP contribution in [0.2, 0.25) is 0 Å². The van der Waals surface area contributed by atoms with Gasteiger partial charge < -0.3 is 5.32 Å². The fourth-order valence-corrected chi connectivity index (χ4v) is 3.81. The number of aromatic nitrogens is 4. The van der Waals surface area contributed by atoms with Gasteiger partial charge >= 0.3 is 0 Å². The number of pyridine rings is 1. The van der Waals surface area contributed by atoms with Crippen LogP contribution in [0.15, 0.2) is 72.1 Å². The smallest absolute Gasteiger partial charge is 0.234 e. The molecule has 0 radical (unpaired) electrons. The molecule has 4 rings (SSSR count). The van der Waals surface area contributed by atoms with E-state index in [9.17, 15) is 9.18 Å². The Labute approximate surface area is 183 Å². The van der Waals surface area contributed by atoms with Crippen LogP contribution in [-0.4, -0.2) is 31.4 Å². The maximum absolute atomic E-state index is 13.5. The van der Waals surface area contributed by atoms with Gasteiger partial charge in [-0.1, -0.05) is 23.9 Å². The number of anilines is 1. The molecule has 0 aliphatic heterocycles. The van der Waals surface area contributed by atoms with Crippen molar-refractivity contribution in [1.29, 1.82) is 0 Å². The van der Waals surface area contributed by atoms with Crippen LogP contribution in [0.1, 0.15) is 11.1 Å². The van der Waals surface area contributed by atoms with Gasteiger partial charge in [0.25, 0.3) is 0 Å². The SMILES string of the molecule is Cc1ccc(C)c(NC(=O)CSc2nnc(-c3ccncc3)n2-c2ccc(F)cc2)c1. The lowest BCUT2D eigenvalue weighted by Gasteiger charge is -2.11. The van der Waals surface area contributed by atoms with Crippen LogP contribution in [0.4, 0.5) is 10.1 Å². The topological polar surface area (TPSA) is 72.7 Å². The van der Waals surface area contributed by atoms with E-state index in [1.54, 1.807) is 24.5 Å². The van der Waals surface area contributed by atoms with Gasteiger partial charge in [0.1, 0.15) is 5.82 Å². The van der Waals surface area contributed by atoms with Gasteiger partial charge in [-0.15, -0.1) is 10.2 Å². The highest BCUT2D eigenvalue weighted by molar-refractivity contribution is 7.99. The van der Waals surface area contributed by atoms with E-state index in [1.807, 2.05) is 48.7 Å². The molecule has 1 N–H and O–H groups in total. The predicted octanol–water partition coefficient (Wildman–Crippen LogP) is 4.82. The van der Waals surface area contributed by atoms with Crippen LogP contribution in [0.25, 0.3) is 17.1 Å². The van der Waals surface area contributed by atoms with Crippen molar-refractivity contribution in [2.75, 3.05) is 11.1 Å². The second-order valence-electron chi connectivity index (χ2n) is 7.01. The minimum Gasteiger partial charge on any atom is -0.325 e. The van der Waals surface area contributed by atoms with Gasteiger partial charge in [0.05, 0.1) is 5.75 Å². The number of nitrogens with one attached hydrogen (secondary N) is 1. The van der Waals surface area contributed by atoms with Gasteiger partial charge in [-0.25, -0.2) is 4.39 Å². The van der Waals surface area contributed by atoms with Gasteiger partial charge in [-0.05, 0) is 67.4 Å². The zero-order valence-electron chi connectivity index (χ0n) is 17.0. The zero-order valence-corrected chi connectivity index (χ0v) is 17.9. The number of carbonyl (C=O) groups excluding carboxylic acids is 1. The molecule has 0 fully saturated rings. The number of aryl methyl sites for hydroxylation is 2. The molecule has 0 unspecified atom stereocenters. The Hall–Kier alpha value is -3.52. The summed E-state index contributed by atoms with van der Waals surface area (Å²) < 4.78 is 15.3. The molecule has 4 aromatic rings. The lowest BCUT2D eigenvalue weighted by atomic mass is 10.1. The molecule has 2 aromatic carbocycles. The Morgan fingerprint density at radius 1 is 1.03 bits per heavy atom. The van der Waals surface area contributed by atoms with Crippen molar-refractivity contribution in [2.24, 2.45) is 0 Å². The second kappa shape index (κ2) is 9.09. The quantitative estimate of drug-likeness (QED) is 0.442. The maximum atomic E-state index is 13.5. The highest BCUT2D eigenvalue weighted by atomic mass is 32.2. The molecule has 6 nitrogen and oxygen atoms in total. The fourth-order valence-electron chi connectivity index (χ4n) is 3.06. The van der Waals surface area contributed by atoms with Crippen LogP contribution in [-0.2, 0) is 4.79 Å². The molecular weight excluding hydrogens is 413 g/mol. The van der Waals surface area contributed by atoms with E-state index in [-0.39, 0.29) is 17.5 Å². The molecule has 0 saturated heterocycles. The molecule has 0 aliphatic rings. The number of nitrogens with zero attached hydrogens (tertiary/aromatic N) is 4. The molecule has 156 valence electrons. The van der Waals surface area contributed by atoms with Crippen LogP contribution in [0.3, 0.4) is 0 Å². The fraction of sp³-hybridized carbons (Fsp3) is 0.130. The molecule has 0 aliphatic carbocycles. The predicted molar refractivity (Wildman–Crippen MR) is 120 cm³/mol. The summed E-state index contributed by atoms with van der Waals surface area (Å²) in [5.41, 5.74) is 4.39. The Kier molecular flexibility index (Phi) is 6.08. The normalized spacial score (nSPS) is 10.8. The summed E-state index contributed by atoms with van der Waals surface area (Å²) in [6.07, 6.45) is 3.34. The van der Waals surface area contributed by atoms with Crippen molar-refractivity contribution in [3.05, 3.63) is 83.9 Å². The minimum absolute atomic E-state index is 0.141. The minimum atomic E-state index is -0.329. The van der Waals surface area contributed by atoms with Gasteiger partial charge in [0.2, 0.25) is 5.91 Å². The van der Waals surface area contributed by atoms with E-state index < -0.39 is 0 Å². The Balaban J connectivity index is 1.59. The van der Waals surface area contributed by atoms with E-state index in [0.717, 1.165) is 22.4 Å². The first-order valence-corrected chi connectivity index (χ1v) is 10.6. The molecule has 1 amide bonds. The number of benzene rings is 2. The summed E-state index contributed by atoms with van der Waals surface area (Å²) in [7, 11) is 0. The summed E-state index contributed by atoms with van der Waals surface area (Å²) in [5, 5.41) is 12.1. The Bertz CT molecular complexity index is 1210. The molecule has 0 saturated carbocycles. The first-order valence-electron chi connectivity index (χ1n) is 9.63. The van der Waals surface area contributed by atoms with Crippen molar-refractivity contribution in [3.63, 3.8) is 0 Å². The van der Waals surface area contributed by atoms with E-state index in [0.29, 0.717) is 16.7 Å². The Morgan fingerprint density at radius 2 is 1.77 bits per heavy atom. The largest absolute Gasteiger partial charge is 0.325 e. The highest BCUT2D eigenvalue weighted by Gasteiger charge is 2.17. The summed E-state index contributed by atoms with van der Waals surface area (Å²) >= 11 is 1.27. The van der Waals surface area contributed by atoms with E-state index in [1.165, 1.54) is 23.9 Å². The number of amides is 1. The standard InChI is InChI=1S/C23H20FN5OS/c1-15-3-4-16(2)20(13-15)26-21(30)14-31-23-28-27-22(17-9-11-25-12-10-17)29(23)19-7-5-18(24)6-8-19/h3-13H,14H2,1-2H3,(H,26,30). The summed E-state index contributed by atoms with van der Waals surface area (Å²) in [4.78, 5) is 16.6. The third kappa shape index (κ3) is 4.80. The highest BCUT2D eigenvalue weighted by Crippen LogP contribution is 2.28. The van der Waals surface area contributed by atoms with Gasteiger partial charge in [0.15, 0.2) is 11.0 Å². The average Bonchev–Trinajstić information content (AvgIpc) is 3.20. The van der Waals surface area contributed by atoms with Crippen LogP contribution in [0.5, 0.6) is 0 Å². The van der Waals surface area contributed by atoms with E-state index in [4.69, 9.17) is 0 Å².